The van der Waals surface area contributed by atoms with Gasteiger partial charge in [0.1, 0.15) is 0 Å². The number of ether oxygens (including phenoxy) is 1. The van der Waals surface area contributed by atoms with Crippen molar-refractivity contribution < 1.29 is 17.6 Å². The van der Waals surface area contributed by atoms with Crippen molar-refractivity contribution >= 4 is 21.1 Å². The molecule has 1 saturated heterocycles. The Kier molecular flexibility index (Phi) is 5.34. The van der Waals surface area contributed by atoms with Crippen molar-refractivity contribution in [2.24, 2.45) is 0 Å². The van der Waals surface area contributed by atoms with Gasteiger partial charge in [-0.15, -0.1) is 0 Å². The maximum absolute atomic E-state index is 13.9. The minimum atomic E-state index is -3.88. The van der Waals surface area contributed by atoms with Crippen LogP contribution in [0.4, 0.5) is 0 Å². The summed E-state index contributed by atoms with van der Waals surface area (Å²) in [6, 6.07) is 13.5. The zero-order valence-electron chi connectivity index (χ0n) is 17.3. The summed E-state index contributed by atoms with van der Waals surface area (Å²) in [6.07, 6.45) is 1.20. The van der Waals surface area contributed by atoms with E-state index >= 15 is 0 Å². The lowest BCUT2D eigenvalue weighted by Crippen LogP contribution is -2.49. The van der Waals surface area contributed by atoms with E-state index in [2.05, 4.69) is 4.98 Å². The van der Waals surface area contributed by atoms with Crippen LogP contribution >= 0.6 is 0 Å². The lowest BCUT2D eigenvalue weighted by molar-refractivity contribution is -0.0758. The minimum absolute atomic E-state index is 0.102. The molecule has 1 aromatic heterocycles. The number of aromatic amines is 1. The number of nitrogens with zero attached hydrogens (tertiary/aromatic N) is 1. The van der Waals surface area contributed by atoms with E-state index in [4.69, 9.17) is 9.15 Å². The fraction of sp³-hybridized carbons (Fsp3) is 0.409. The van der Waals surface area contributed by atoms with Crippen molar-refractivity contribution in [1.29, 1.82) is 0 Å². The molecule has 7 nitrogen and oxygen atoms in total. The number of H-pyrrole nitrogens is 1. The predicted octanol–water partition coefficient (Wildman–Crippen LogP) is 3.83. The molecular weight excluding hydrogens is 404 g/mol. The van der Waals surface area contributed by atoms with Crippen molar-refractivity contribution in [3.05, 3.63) is 64.6 Å². The molecule has 2 unspecified atom stereocenters. The van der Waals surface area contributed by atoms with Crippen LogP contribution in [0, 0.1) is 0 Å². The van der Waals surface area contributed by atoms with Gasteiger partial charge in [-0.25, -0.2) is 13.2 Å². The largest absolute Gasteiger partial charge is 0.417 e. The lowest BCUT2D eigenvalue weighted by atomic mass is 9.93. The second kappa shape index (κ2) is 7.68. The summed E-state index contributed by atoms with van der Waals surface area (Å²) in [5, 5.41) is 0. The number of hydrogen-bond acceptors (Lipinski definition) is 5. The first-order chi connectivity index (χ1) is 14.2. The van der Waals surface area contributed by atoms with Gasteiger partial charge in [0, 0.05) is 24.8 Å². The van der Waals surface area contributed by atoms with Gasteiger partial charge in [-0.2, -0.15) is 4.31 Å². The summed E-state index contributed by atoms with van der Waals surface area (Å²) < 4.78 is 40.2. The first kappa shape index (κ1) is 20.8. The fourth-order valence-electron chi connectivity index (χ4n) is 4.22. The monoisotopic (exact) mass is 430 g/mol. The summed E-state index contributed by atoms with van der Waals surface area (Å²) in [7, 11) is -3.88. The lowest BCUT2D eigenvalue weighted by Gasteiger charge is -2.43. The Morgan fingerprint density at radius 2 is 1.90 bits per heavy atom. The van der Waals surface area contributed by atoms with E-state index in [1.807, 2.05) is 51.1 Å². The van der Waals surface area contributed by atoms with Crippen molar-refractivity contribution in [2.75, 3.05) is 6.61 Å². The van der Waals surface area contributed by atoms with E-state index < -0.39 is 21.4 Å². The molecule has 4 rings (SSSR count). The highest BCUT2D eigenvalue weighted by molar-refractivity contribution is 7.89. The third-order valence-corrected chi connectivity index (χ3v) is 7.68. The fourth-order valence-corrected chi connectivity index (χ4v) is 6.07. The summed E-state index contributed by atoms with van der Waals surface area (Å²) in [5.74, 6) is -0.611. The molecule has 0 bridgehead atoms. The second-order valence-electron chi connectivity index (χ2n) is 8.35. The third-order valence-electron chi connectivity index (χ3n) is 5.66. The van der Waals surface area contributed by atoms with Crippen molar-refractivity contribution in [2.45, 2.75) is 56.2 Å². The number of nitrogens with one attached hydrogen (secondary N) is 1. The van der Waals surface area contributed by atoms with Gasteiger partial charge in [0.25, 0.3) is 0 Å². The Morgan fingerprint density at radius 1 is 1.17 bits per heavy atom. The first-order valence-corrected chi connectivity index (χ1v) is 11.5. The number of sulfonamides is 1. The Hall–Kier alpha value is -2.42. The molecule has 1 N–H and O–H groups in total. The number of rotatable bonds is 5. The van der Waals surface area contributed by atoms with E-state index in [0.717, 1.165) is 5.56 Å². The zero-order valence-corrected chi connectivity index (χ0v) is 18.1. The smallest absolute Gasteiger partial charge is 0.408 e. The van der Waals surface area contributed by atoms with E-state index in [-0.39, 0.29) is 22.6 Å². The predicted molar refractivity (Wildman–Crippen MR) is 114 cm³/mol. The highest BCUT2D eigenvalue weighted by Gasteiger charge is 2.41. The van der Waals surface area contributed by atoms with Gasteiger partial charge >= 0.3 is 5.76 Å². The van der Waals surface area contributed by atoms with Crippen LogP contribution in [0.5, 0.6) is 0 Å². The van der Waals surface area contributed by atoms with Gasteiger partial charge in [-0.05, 0) is 51.3 Å². The van der Waals surface area contributed by atoms with E-state index in [0.29, 0.717) is 25.0 Å². The molecule has 0 saturated carbocycles. The second-order valence-corrected chi connectivity index (χ2v) is 10.2. The average Bonchev–Trinajstić information content (AvgIpc) is 3.07. The molecule has 30 heavy (non-hydrogen) atoms. The number of fused-ring (bicyclic) bond motifs is 1. The van der Waals surface area contributed by atoms with Gasteiger partial charge in [-0.1, -0.05) is 30.3 Å². The molecule has 2 aromatic carbocycles. The Balaban J connectivity index is 1.81. The molecule has 160 valence electrons. The summed E-state index contributed by atoms with van der Waals surface area (Å²) in [4.78, 5) is 14.1. The number of aromatic nitrogens is 1. The van der Waals surface area contributed by atoms with Gasteiger partial charge in [0.2, 0.25) is 10.0 Å². The minimum Gasteiger partial charge on any atom is -0.408 e. The van der Waals surface area contributed by atoms with E-state index in [1.54, 1.807) is 10.4 Å². The molecule has 8 heteroatoms. The maximum Gasteiger partial charge on any atom is 0.417 e. The van der Waals surface area contributed by atoms with E-state index in [1.165, 1.54) is 12.1 Å². The normalized spacial score (nSPS) is 20.5. The zero-order chi connectivity index (χ0) is 21.5. The SMILES string of the molecule is CC(c1ccccc1)N(C1CCOC(C)(C)C1)S(=O)(=O)c1ccc2[nH]c(=O)oc2c1. The molecular formula is C22H26N2O5S. The highest BCUT2D eigenvalue weighted by atomic mass is 32.2. The molecule has 1 aliphatic rings. The third kappa shape index (κ3) is 3.95. The molecule has 1 aliphatic heterocycles. The molecule has 2 atom stereocenters. The first-order valence-electron chi connectivity index (χ1n) is 10.0. The van der Waals surface area contributed by atoms with Crippen LogP contribution in [0.15, 0.2) is 62.6 Å². The standard InChI is InChI=1S/C22H26N2O5S/c1-15(16-7-5-4-6-8-16)24(17-11-12-28-22(2,3)14-17)30(26,27)18-9-10-19-20(13-18)29-21(25)23-19/h4-10,13,15,17H,11-12,14H2,1-3H3,(H,23,25). The average molecular weight is 431 g/mol. The van der Waals surface area contributed by atoms with Crippen LogP contribution in [-0.4, -0.2) is 36.0 Å². The van der Waals surface area contributed by atoms with Crippen LogP contribution in [0.1, 0.15) is 45.2 Å². The quantitative estimate of drug-likeness (QED) is 0.664. The number of oxazole rings is 1. The van der Waals surface area contributed by atoms with Gasteiger partial charge in [0.05, 0.1) is 16.0 Å². The van der Waals surface area contributed by atoms with Gasteiger partial charge in [-0.3, -0.25) is 4.98 Å². The van der Waals surface area contributed by atoms with Gasteiger partial charge in [0.15, 0.2) is 5.58 Å². The van der Waals surface area contributed by atoms with Crippen LogP contribution in [-0.2, 0) is 14.8 Å². The molecule has 1 fully saturated rings. The van der Waals surface area contributed by atoms with Gasteiger partial charge < -0.3 is 9.15 Å². The summed E-state index contributed by atoms with van der Waals surface area (Å²) in [6.45, 7) is 6.37. The molecule has 0 radical (unpaired) electrons. The Morgan fingerprint density at radius 3 is 2.60 bits per heavy atom. The molecule has 0 spiro atoms. The highest BCUT2D eigenvalue weighted by Crippen LogP contribution is 2.37. The van der Waals surface area contributed by atoms with Crippen LogP contribution in [0.3, 0.4) is 0 Å². The van der Waals surface area contributed by atoms with Crippen molar-refractivity contribution in [3.8, 4) is 0 Å². The Labute approximate surface area is 175 Å². The summed E-state index contributed by atoms with van der Waals surface area (Å²) in [5.41, 5.74) is 1.19. The molecule has 0 aliphatic carbocycles. The molecule has 0 amide bonds. The topological polar surface area (TPSA) is 92.6 Å². The van der Waals surface area contributed by atoms with Crippen LogP contribution < -0.4 is 5.76 Å². The van der Waals surface area contributed by atoms with Crippen molar-refractivity contribution in [1.82, 2.24) is 9.29 Å². The maximum atomic E-state index is 13.9. The molecule has 3 aromatic rings. The Bertz CT molecular complexity index is 1200. The number of hydrogen-bond donors (Lipinski definition) is 1. The number of benzene rings is 2. The summed E-state index contributed by atoms with van der Waals surface area (Å²) >= 11 is 0. The molecule has 2 heterocycles. The van der Waals surface area contributed by atoms with Crippen molar-refractivity contribution in [3.63, 3.8) is 0 Å². The van der Waals surface area contributed by atoms with Crippen LogP contribution in [0.2, 0.25) is 0 Å². The van der Waals surface area contributed by atoms with E-state index in [9.17, 15) is 13.2 Å². The van der Waals surface area contributed by atoms with Crippen LogP contribution in [0.25, 0.3) is 11.1 Å².